The van der Waals surface area contributed by atoms with Crippen LogP contribution in [0.1, 0.15) is 23.3 Å². The number of thiazole rings is 1. The molecule has 0 bridgehead atoms. The van der Waals surface area contributed by atoms with E-state index in [4.69, 9.17) is 5.11 Å². The third kappa shape index (κ3) is 5.49. The lowest BCUT2D eigenvalue weighted by Crippen LogP contribution is -2.07. The van der Waals surface area contributed by atoms with E-state index in [0.717, 1.165) is 29.8 Å². The smallest absolute Gasteiger partial charge is 0.248 e. The van der Waals surface area contributed by atoms with Gasteiger partial charge in [0.25, 0.3) is 0 Å². The van der Waals surface area contributed by atoms with Gasteiger partial charge in [0.1, 0.15) is 0 Å². The predicted molar refractivity (Wildman–Crippen MR) is 86.2 cm³/mol. The second kappa shape index (κ2) is 8.34. The molecule has 0 aliphatic heterocycles. The van der Waals surface area contributed by atoms with Gasteiger partial charge in [0, 0.05) is 29.4 Å². The molecule has 0 unspecified atom stereocenters. The number of rotatable bonds is 7. The van der Waals surface area contributed by atoms with E-state index >= 15 is 0 Å². The first-order valence-electron chi connectivity index (χ1n) is 6.85. The van der Waals surface area contributed by atoms with E-state index in [1.165, 1.54) is 23.0 Å². The van der Waals surface area contributed by atoms with Gasteiger partial charge >= 0.3 is 0 Å². The van der Waals surface area contributed by atoms with Gasteiger partial charge < -0.3 is 10.4 Å². The van der Waals surface area contributed by atoms with E-state index in [2.05, 4.69) is 10.3 Å². The van der Waals surface area contributed by atoms with E-state index < -0.39 is 0 Å². The van der Waals surface area contributed by atoms with Crippen LogP contribution in [0.2, 0.25) is 0 Å². The number of carbonyl (C=O) groups excluding carboxylic acids is 1. The molecule has 0 saturated carbocycles. The summed E-state index contributed by atoms with van der Waals surface area (Å²) in [7, 11) is 0. The maximum absolute atomic E-state index is 11.8. The summed E-state index contributed by atoms with van der Waals surface area (Å²) < 4.78 is 0. The first kappa shape index (κ1) is 15.4. The number of anilines is 1. The first-order chi connectivity index (χ1) is 10.3. The van der Waals surface area contributed by atoms with E-state index in [9.17, 15) is 4.79 Å². The number of nitrogens with zero attached hydrogens (tertiary/aromatic N) is 1. The minimum Gasteiger partial charge on any atom is -0.396 e. The second-order valence-corrected chi connectivity index (χ2v) is 5.52. The summed E-state index contributed by atoms with van der Waals surface area (Å²) in [6.07, 6.45) is 7.70. The number of carbonyl (C=O) groups is 1. The molecule has 1 aromatic carbocycles. The van der Waals surface area contributed by atoms with Crippen LogP contribution in [0.3, 0.4) is 0 Å². The molecule has 0 atom stereocenters. The molecule has 0 aliphatic rings. The third-order valence-corrected chi connectivity index (χ3v) is 3.69. The van der Waals surface area contributed by atoms with Crippen LogP contribution in [-0.4, -0.2) is 22.6 Å². The third-order valence-electron chi connectivity index (χ3n) is 2.95. The fourth-order valence-corrected chi connectivity index (χ4v) is 2.36. The Balaban J connectivity index is 1.83. The second-order valence-electron chi connectivity index (χ2n) is 4.60. The summed E-state index contributed by atoms with van der Waals surface area (Å²) in [6, 6.07) is 7.79. The molecule has 2 aromatic rings. The van der Waals surface area contributed by atoms with Gasteiger partial charge in [-0.3, -0.25) is 9.78 Å². The molecule has 21 heavy (non-hydrogen) atoms. The van der Waals surface area contributed by atoms with Crippen LogP contribution in [0.15, 0.2) is 42.0 Å². The number of hydrogen-bond donors (Lipinski definition) is 2. The van der Waals surface area contributed by atoms with Crippen LogP contribution in [0.25, 0.3) is 6.08 Å². The number of aryl methyl sites for hydroxylation is 1. The molecule has 4 nitrogen and oxygen atoms in total. The van der Waals surface area contributed by atoms with Crippen LogP contribution >= 0.6 is 11.3 Å². The van der Waals surface area contributed by atoms with Gasteiger partial charge in [0.15, 0.2) is 0 Å². The van der Waals surface area contributed by atoms with Crippen molar-refractivity contribution in [1.29, 1.82) is 0 Å². The Kier molecular flexibility index (Phi) is 6.12. The van der Waals surface area contributed by atoms with E-state index in [1.807, 2.05) is 24.3 Å². The molecule has 1 amide bonds. The topological polar surface area (TPSA) is 62.2 Å². The molecule has 0 fully saturated rings. The number of aliphatic hydroxyl groups is 1. The van der Waals surface area contributed by atoms with E-state index in [-0.39, 0.29) is 12.5 Å². The van der Waals surface area contributed by atoms with Gasteiger partial charge in [0.2, 0.25) is 5.91 Å². The lowest BCUT2D eigenvalue weighted by Gasteiger charge is -2.04. The minimum absolute atomic E-state index is 0.156. The Morgan fingerprint density at radius 2 is 2.10 bits per heavy atom. The fourth-order valence-electron chi connectivity index (χ4n) is 1.85. The van der Waals surface area contributed by atoms with Crippen molar-refractivity contribution in [3.05, 3.63) is 52.5 Å². The van der Waals surface area contributed by atoms with Gasteiger partial charge in [-0.1, -0.05) is 12.1 Å². The Bertz CT molecular complexity index is 577. The summed E-state index contributed by atoms with van der Waals surface area (Å²) in [5.74, 6) is -0.156. The van der Waals surface area contributed by atoms with Gasteiger partial charge in [-0.15, -0.1) is 11.3 Å². The molecule has 0 radical (unpaired) electrons. The van der Waals surface area contributed by atoms with Gasteiger partial charge in [0.05, 0.1) is 5.51 Å². The van der Waals surface area contributed by atoms with Crippen LogP contribution in [0.5, 0.6) is 0 Å². The number of aliphatic hydroxyl groups excluding tert-OH is 1. The maximum atomic E-state index is 11.8. The van der Waals surface area contributed by atoms with E-state index in [1.54, 1.807) is 17.8 Å². The number of unbranched alkanes of at least 4 members (excludes halogenated alkanes) is 1. The van der Waals surface area contributed by atoms with Crippen molar-refractivity contribution in [2.24, 2.45) is 0 Å². The lowest BCUT2D eigenvalue weighted by atomic mass is 10.1. The predicted octanol–water partition coefficient (Wildman–Crippen LogP) is 3.11. The highest BCUT2D eigenvalue weighted by Crippen LogP contribution is 2.12. The molecule has 110 valence electrons. The number of aromatic nitrogens is 1. The van der Waals surface area contributed by atoms with Gasteiger partial charge in [-0.2, -0.15) is 0 Å². The van der Waals surface area contributed by atoms with Crippen molar-refractivity contribution in [3.8, 4) is 0 Å². The molecule has 5 heteroatoms. The Morgan fingerprint density at radius 1 is 1.29 bits per heavy atom. The lowest BCUT2D eigenvalue weighted by molar-refractivity contribution is -0.111. The maximum Gasteiger partial charge on any atom is 0.248 e. The molecule has 1 aromatic heterocycles. The zero-order valence-corrected chi connectivity index (χ0v) is 12.5. The van der Waals surface area contributed by atoms with Crippen LogP contribution in [-0.2, 0) is 11.2 Å². The van der Waals surface area contributed by atoms with Crippen molar-refractivity contribution < 1.29 is 9.90 Å². The minimum atomic E-state index is -0.156. The average molecular weight is 302 g/mol. The highest BCUT2D eigenvalue weighted by atomic mass is 32.1. The number of nitrogens with one attached hydrogen (secondary N) is 1. The van der Waals surface area contributed by atoms with Crippen molar-refractivity contribution in [3.63, 3.8) is 0 Å². The van der Waals surface area contributed by atoms with Crippen molar-refractivity contribution in [2.45, 2.75) is 19.3 Å². The molecule has 1 heterocycles. The largest absolute Gasteiger partial charge is 0.396 e. The zero-order valence-electron chi connectivity index (χ0n) is 11.7. The Morgan fingerprint density at radius 3 is 2.76 bits per heavy atom. The first-order valence-corrected chi connectivity index (χ1v) is 7.73. The number of hydrogen-bond acceptors (Lipinski definition) is 4. The van der Waals surface area contributed by atoms with Crippen LogP contribution in [0.4, 0.5) is 5.69 Å². The highest BCUT2D eigenvalue weighted by Gasteiger charge is 1.99. The van der Waals surface area contributed by atoms with Crippen LogP contribution in [0, 0.1) is 0 Å². The van der Waals surface area contributed by atoms with Crippen molar-refractivity contribution in [1.82, 2.24) is 4.98 Å². The Hall–Kier alpha value is -1.98. The van der Waals surface area contributed by atoms with Crippen LogP contribution < -0.4 is 5.32 Å². The van der Waals surface area contributed by atoms with Gasteiger partial charge in [-0.25, -0.2) is 0 Å². The van der Waals surface area contributed by atoms with E-state index in [0.29, 0.717) is 0 Å². The zero-order chi connectivity index (χ0) is 14.9. The normalized spacial score (nSPS) is 10.9. The van der Waals surface area contributed by atoms with Crippen molar-refractivity contribution >= 4 is 29.0 Å². The molecule has 0 aliphatic carbocycles. The number of benzene rings is 1. The standard InChI is InChI=1S/C16H18N2O2S/c19-10-2-1-3-13-4-6-14(7-5-13)18-16(20)9-8-15-11-17-12-21-15/h4-9,11-12,19H,1-3,10H2,(H,18,20)/b9-8+. The molecule has 0 saturated heterocycles. The summed E-state index contributed by atoms with van der Waals surface area (Å²) >= 11 is 1.49. The molecule has 0 spiro atoms. The summed E-state index contributed by atoms with van der Waals surface area (Å²) in [5, 5.41) is 11.6. The molecule has 2 rings (SSSR count). The molecule has 2 N–H and O–H groups in total. The quantitative estimate of drug-likeness (QED) is 0.610. The summed E-state index contributed by atoms with van der Waals surface area (Å²) in [4.78, 5) is 16.7. The number of amides is 1. The monoisotopic (exact) mass is 302 g/mol. The molecular formula is C16H18N2O2S. The summed E-state index contributed by atoms with van der Waals surface area (Å²) in [5.41, 5.74) is 3.72. The summed E-state index contributed by atoms with van der Waals surface area (Å²) in [6.45, 7) is 0.236. The SMILES string of the molecule is O=C(/C=C/c1cncs1)Nc1ccc(CCCCO)cc1. The Labute approximate surface area is 128 Å². The van der Waals surface area contributed by atoms with Gasteiger partial charge in [-0.05, 0) is 43.0 Å². The fraction of sp³-hybridized carbons (Fsp3) is 0.250. The average Bonchev–Trinajstić information content (AvgIpc) is 3.01. The van der Waals surface area contributed by atoms with Crippen molar-refractivity contribution in [2.75, 3.05) is 11.9 Å². The highest BCUT2D eigenvalue weighted by molar-refractivity contribution is 7.10. The molecular weight excluding hydrogens is 284 g/mol.